The lowest BCUT2D eigenvalue weighted by Gasteiger charge is -2.34. The van der Waals surface area contributed by atoms with Gasteiger partial charge in [0.05, 0.1) is 0 Å². The van der Waals surface area contributed by atoms with Crippen LogP contribution in [0.2, 0.25) is 0 Å². The molecule has 1 N–H and O–H groups in total. The first-order valence-electron chi connectivity index (χ1n) is 8.68. The van der Waals surface area contributed by atoms with Gasteiger partial charge in [0.15, 0.2) is 0 Å². The van der Waals surface area contributed by atoms with E-state index in [0.717, 1.165) is 12.5 Å². The van der Waals surface area contributed by atoms with Gasteiger partial charge in [-0.25, -0.2) is 0 Å². The lowest BCUT2D eigenvalue weighted by molar-refractivity contribution is 0.378. The second-order valence-electron chi connectivity index (χ2n) is 6.88. The van der Waals surface area contributed by atoms with Crippen molar-refractivity contribution in [2.24, 2.45) is 5.92 Å². The van der Waals surface area contributed by atoms with Crippen molar-refractivity contribution >= 4 is 5.69 Å². The molecule has 1 aliphatic rings. The van der Waals surface area contributed by atoms with Crippen molar-refractivity contribution in [2.45, 2.75) is 66.0 Å². The normalized spacial score (nSPS) is 16.7. The second kappa shape index (κ2) is 7.84. The van der Waals surface area contributed by atoms with Gasteiger partial charge in [-0.15, -0.1) is 0 Å². The summed E-state index contributed by atoms with van der Waals surface area (Å²) in [7, 11) is 0. The topological polar surface area (TPSA) is 15.3 Å². The molecule has 0 atom stereocenters. The summed E-state index contributed by atoms with van der Waals surface area (Å²) < 4.78 is 0. The number of anilines is 1. The summed E-state index contributed by atoms with van der Waals surface area (Å²) in [5.74, 6) is 0.959. The van der Waals surface area contributed by atoms with E-state index in [-0.39, 0.29) is 0 Å². The van der Waals surface area contributed by atoms with Crippen LogP contribution in [-0.2, 0) is 6.54 Å². The summed E-state index contributed by atoms with van der Waals surface area (Å²) in [6.45, 7) is 12.4. The molecule has 2 rings (SSSR count). The average molecular weight is 288 g/mol. The Balaban J connectivity index is 1.95. The third-order valence-electron chi connectivity index (χ3n) is 4.63. The molecule has 1 aromatic rings. The van der Waals surface area contributed by atoms with Gasteiger partial charge in [0.1, 0.15) is 0 Å². The molecular weight excluding hydrogens is 256 g/mol. The van der Waals surface area contributed by atoms with Gasteiger partial charge in [-0.05, 0) is 42.9 Å². The van der Waals surface area contributed by atoms with Crippen molar-refractivity contribution in [1.82, 2.24) is 5.32 Å². The van der Waals surface area contributed by atoms with E-state index in [9.17, 15) is 0 Å². The Morgan fingerprint density at radius 2 is 1.95 bits per heavy atom. The Hall–Kier alpha value is -1.02. The molecule has 0 unspecified atom stereocenters. The van der Waals surface area contributed by atoms with Gasteiger partial charge in [0.25, 0.3) is 0 Å². The fourth-order valence-electron chi connectivity index (χ4n) is 3.38. The van der Waals surface area contributed by atoms with Crippen LogP contribution in [0.3, 0.4) is 0 Å². The number of nitrogens with one attached hydrogen (secondary N) is 1. The van der Waals surface area contributed by atoms with E-state index in [1.807, 2.05) is 0 Å². The van der Waals surface area contributed by atoms with E-state index in [0.29, 0.717) is 6.04 Å². The Bertz CT molecular complexity index is 431. The van der Waals surface area contributed by atoms with E-state index in [1.54, 1.807) is 0 Å². The van der Waals surface area contributed by atoms with E-state index >= 15 is 0 Å². The molecule has 1 aliphatic heterocycles. The Morgan fingerprint density at radius 3 is 2.52 bits per heavy atom. The van der Waals surface area contributed by atoms with E-state index < -0.39 is 0 Å². The number of rotatable bonds is 6. The molecule has 0 radical (unpaired) electrons. The molecule has 2 nitrogen and oxygen atoms in total. The summed E-state index contributed by atoms with van der Waals surface area (Å²) in [6, 6.07) is 7.51. The number of piperidine rings is 1. The fourth-order valence-corrected chi connectivity index (χ4v) is 3.38. The number of benzene rings is 1. The zero-order valence-corrected chi connectivity index (χ0v) is 14.3. The smallest absolute Gasteiger partial charge is 0.0396 e. The molecule has 118 valence electrons. The minimum atomic E-state index is 0.544. The van der Waals surface area contributed by atoms with Crippen molar-refractivity contribution in [3.05, 3.63) is 29.3 Å². The molecule has 0 bridgehead atoms. The maximum atomic E-state index is 3.49. The largest absolute Gasteiger partial charge is 0.371 e. The summed E-state index contributed by atoms with van der Waals surface area (Å²) in [5.41, 5.74) is 4.26. The quantitative estimate of drug-likeness (QED) is 0.828. The lowest BCUT2D eigenvalue weighted by Crippen LogP contribution is -2.34. The average Bonchev–Trinajstić information content (AvgIpc) is 2.47. The van der Waals surface area contributed by atoms with Gasteiger partial charge in [-0.3, -0.25) is 0 Å². The van der Waals surface area contributed by atoms with Crippen LogP contribution in [0.4, 0.5) is 5.69 Å². The van der Waals surface area contributed by atoms with E-state index in [1.165, 1.54) is 55.6 Å². The summed E-state index contributed by atoms with van der Waals surface area (Å²) in [6.07, 6.45) is 5.47. The zero-order valence-electron chi connectivity index (χ0n) is 14.3. The number of hydrogen-bond acceptors (Lipinski definition) is 2. The molecule has 1 saturated heterocycles. The monoisotopic (exact) mass is 288 g/mol. The maximum Gasteiger partial charge on any atom is 0.0396 e. The minimum absolute atomic E-state index is 0.544. The Morgan fingerprint density at radius 1 is 1.24 bits per heavy atom. The third-order valence-corrected chi connectivity index (χ3v) is 4.63. The highest BCUT2D eigenvalue weighted by Gasteiger charge is 2.19. The molecule has 2 heteroatoms. The number of aryl methyl sites for hydroxylation is 1. The van der Waals surface area contributed by atoms with Gasteiger partial charge in [0.2, 0.25) is 0 Å². The number of hydrogen-bond donors (Lipinski definition) is 1. The Kier molecular flexibility index (Phi) is 6.10. The van der Waals surface area contributed by atoms with Crippen LogP contribution in [0, 0.1) is 12.8 Å². The van der Waals surface area contributed by atoms with Crippen LogP contribution in [0.15, 0.2) is 18.2 Å². The molecule has 21 heavy (non-hydrogen) atoms. The summed E-state index contributed by atoms with van der Waals surface area (Å²) in [4.78, 5) is 2.58. The number of nitrogens with zero attached hydrogens (tertiary/aromatic N) is 1. The van der Waals surface area contributed by atoms with Gasteiger partial charge in [-0.2, -0.15) is 0 Å². The fraction of sp³-hybridized carbons (Fsp3) is 0.684. The maximum absolute atomic E-state index is 3.49. The van der Waals surface area contributed by atoms with Gasteiger partial charge < -0.3 is 10.2 Å². The van der Waals surface area contributed by atoms with Crippen LogP contribution in [-0.4, -0.2) is 19.1 Å². The predicted octanol–water partition coefficient (Wildman–Crippen LogP) is 4.51. The predicted molar refractivity (Wildman–Crippen MR) is 93.0 cm³/mol. The van der Waals surface area contributed by atoms with Crippen molar-refractivity contribution in [2.75, 3.05) is 18.0 Å². The van der Waals surface area contributed by atoms with Crippen molar-refractivity contribution in [3.8, 4) is 0 Å². The summed E-state index contributed by atoms with van der Waals surface area (Å²) >= 11 is 0. The van der Waals surface area contributed by atoms with Crippen molar-refractivity contribution in [1.29, 1.82) is 0 Å². The van der Waals surface area contributed by atoms with Crippen molar-refractivity contribution < 1.29 is 0 Å². The zero-order chi connectivity index (χ0) is 15.2. The minimum Gasteiger partial charge on any atom is -0.371 e. The van der Waals surface area contributed by atoms with Gasteiger partial charge >= 0.3 is 0 Å². The molecule has 1 heterocycles. The highest BCUT2D eigenvalue weighted by Crippen LogP contribution is 2.28. The third kappa shape index (κ3) is 4.74. The SMILES string of the molecule is CCCC1CCN(c2ccc(CNC(C)C)cc2C)CC1. The molecular formula is C19H32N2. The second-order valence-corrected chi connectivity index (χ2v) is 6.88. The molecule has 1 aromatic carbocycles. The Labute approximate surface area is 130 Å². The molecule has 0 aliphatic carbocycles. The van der Waals surface area contributed by atoms with Crippen LogP contribution >= 0.6 is 0 Å². The van der Waals surface area contributed by atoms with Gasteiger partial charge in [0, 0.05) is 31.4 Å². The van der Waals surface area contributed by atoms with Gasteiger partial charge in [-0.1, -0.05) is 45.7 Å². The van der Waals surface area contributed by atoms with E-state index in [2.05, 4.69) is 56.1 Å². The first kappa shape index (κ1) is 16.4. The van der Waals surface area contributed by atoms with Crippen LogP contribution in [0.5, 0.6) is 0 Å². The molecule has 0 saturated carbocycles. The van der Waals surface area contributed by atoms with Crippen LogP contribution in [0.1, 0.15) is 57.6 Å². The van der Waals surface area contributed by atoms with Crippen LogP contribution < -0.4 is 10.2 Å². The first-order chi connectivity index (χ1) is 10.1. The lowest BCUT2D eigenvalue weighted by atomic mass is 9.92. The first-order valence-corrected chi connectivity index (χ1v) is 8.68. The van der Waals surface area contributed by atoms with Crippen molar-refractivity contribution in [3.63, 3.8) is 0 Å². The molecule has 0 amide bonds. The summed E-state index contributed by atoms with van der Waals surface area (Å²) in [5, 5.41) is 3.49. The molecule has 1 fully saturated rings. The van der Waals surface area contributed by atoms with E-state index in [4.69, 9.17) is 0 Å². The highest BCUT2D eigenvalue weighted by molar-refractivity contribution is 5.54. The molecule has 0 aromatic heterocycles. The highest BCUT2D eigenvalue weighted by atomic mass is 15.1. The molecule has 0 spiro atoms. The standard InChI is InChI=1S/C19H32N2/c1-5-6-17-9-11-21(12-10-17)19-8-7-18(13-16(19)4)14-20-15(2)3/h7-8,13,15,17,20H,5-6,9-12,14H2,1-4H3. The van der Waals surface area contributed by atoms with Crippen LogP contribution in [0.25, 0.3) is 0 Å².